The van der Waals surface area contributed by atoms with Crippen molar-refractivity contribution in [3.05, 3.63) is 89.5 Å². The van der Waals surface area contributed by atoms with Crippen molar-refractivity contribution >= 4 is 39.3 Å². The van der Waals surface area contributed by atoms with Gasteiger partial charge in [0.1, 0.15) is 12.6 Å². The SMILES string of the molecule is CCCNC(=O)[C@H](C)N(Cc1cccc(C)c1)C(=O)CN(c1ccc(C)cc1)S(=O)(=O)c1ccc(SC)cc1. The molecule has 1 N–H and O–H groups in total. The lowest BCUT2D eigenvalue weighted by molar-refractivity contribution is -0.139. The largest absolute Gasteiger partial charge is 0.354 e. The average molecular weight is 568 g/mol. The van der Waals surface area contributed by atoms with Crippen molar-refractivity contribution in [2.45, 2.75) is 56.5 Å². The Morgan fingerprint density at radius 3 is 2.21 bits per heavy atom. The van der Waals surface area contributed by atoms with Gasteiger partial charge in [-0.05, 0) is 75.4 Å². The Hall–Kier alpha value is -3.30. The number of carbonyl (C=O) groups is 2. The van der Waals surface area contributed by atoms with Gasteiger partial charge in [-0.3, -0.25) is 13.9 Å². The first-order valence-electron chi connectivity index (χ1n) is 12.9. The number of anilines is 1. The van der Waals surface area contributed by atoms with E-state index < -0.39 is 28.5 Å². The third-order valence-corrected chi connectivity index (χ3v) is 8.93. The fourth-order valence-electron chi connectivity index (χ4n) is 4.10. The van der Waals surface area contributed by atoms with Crippen LogP contribution in [0.3, 0.4) is 0 Å². The van der Waals surface area contributed by atoms with E-state index in [1.165, 1.54) is 16.7 Å². The maximum absolute atomic E-state index is 13.9. The molecule has 0 aromatic heterocycles. The zero-order valence-corrected chi connectivity index (χ0v) is 24.8. The minimum absolute atomic E-state index is 0.0904. The molecule has 208 valence electrons. The summed E-state index contributed by atoms with van der Waals surface area (Å²) in [5.41, 5.74) is 3.23. The van der Waals surface area contributed by atoms with Crippen molar-refractivity contribution in [3.8, 4) is 0 Å². The lowest BCUT2D eigenvalue weighted by Gasteiger charge is -2.32. The summed E-state index contributed by atoms with van der Waals surface area (Å²) in [7, 11) is -4.08. The van der Waals surface area contributed by atoms with E-state index in [4.69, 9.17) is 0 Å². The summed E-state index contributed by atoms with van der Waals surface area (Å²) in [6.45, 7) is 7.71. The van der Waals surface area contributed by atoms with Crippen LogP contribution in [0, 0.1) is 13.8 Å². The first kappa shape index (κ1) is 30.2. The second-order valence-corrected chi connectivity index (χ2v) is 12.2. The number of nitrogens with one attached hydrogen (secondary N) is 1. The van der Waals surface area contributed by atoms with Crippen molar-refractivity contribution < 1.29 is 18.0 Å². The van der Waals surface area contributed by atoms with Gasteiger partial charge >= 0.3 is 0 Å². The molecule has 0 saturated carbocycles. The number of benzene rings is 3. The van der Waals surface area contributed by atoms with Crippen molar-refractivity contribution in [1.82, 2.24) is 10.2 Å². The fraction of sp³-hybridized carbons (Fsp3) is 0.333. The number of sulfonamides is 1. The Morgan fingerprint density at radius 1 is 0.949 bits per heavy atom. The third kappa shape index (κ3) is 7.86. The monoisotopic (exact) mass is 567 g/mol. The molecule has 2 amide bonds. The van der Waals surface area contributed by atoms with Crippen LogP contribution in [0.25, 0.3) is 0 Å². The van der Waals surface area contributed by atoms with E-state index in [-0.39, 0.29) is 17.3 Å². The van der Waals surface area contributed by atoms with Crippen molar-refractivity contribution in [2.24, 2.45) is 0 Å². The smallest absolute Gasteiger partial charge is 0.264 e. The number of hydrogen-bond acceptors (Lipinski definition) is 5. The highest BCUT2D eigenvalue weighted by atomic mass is 32.2. The molecule has 3 rings (SSSR count). The van der Waals surface area contributed by atoms with Crippen molar-refractivity contribution in [3.63, 3.8) is 0 Å². The number of amides is 2. The third-order valence-electron chi connectivity index (χ3n) is 6.40. The fourth-order valence-corrected chi connectivity index (χ4v) is 5.92. The molecule has 7 nitrogen and oxygen atoms in total. The maximum Gasteiger partial charge on any atom is 0.264 e. The van der Waals surface area contributed by atoms with Crippen LogP contribution in [0.2, 0.25) is 0 Å². The predicted octanol–water partition coefficient (Wildman–Crippen LogP) is 5.16. The summed E-state index contributed by atoms with van der Waals surface area (Å²) in [6.07, 6.45) is 2.68. The van der Waals surface area contributed by atoms with E-state index in [2.05, 4.69) is 5.32 Å². The molecule has 0 spiro atoms. The van der Waals surface area contributed by atoms with Crippen molar-refractivity contribution in [2.75, 3.05) is 23.7 Å². The summed E-state index contributed by atoms with van der Waals surface area (Å²) in [5, 5.41) is 2.86. The summed E-state index contributed by atoms with van der Waals surface area (Å²) in [5.74, 6) is -0.754. The molecule has 3 aromatic carbocycles. The van der Waals surface area contributed by atoms with Crippen LogP contribution >= 0.6 is 11.8 Å². The van der Waals surface area contributed by atoms with Gasteiger partial charge in [-0.1, -0.05) is 54.4 Å². The lowest BCUT2D eigenvalue weighted by Crippen LogP contribution is -2.51. The van der Waals surface area contributed by atoms with Gasteiger partial charge < -0.3 is 10.2 Å². The summed E-state index contributed by atoms with van der Waals surface area (Å²) >= 11 is 1.52. The number of carbonyl (C=O) groups excluding carboxylic acids is 2. The van der Waals surface area contributed by atoms with Crippen LogP contribution < -0.4 is 9.62 Å². The Kier molecular flexibility index (Phi) is 10.6. The zero-order chi connectivity index (χ0) is 28.6. The van der Waals surface area contributed by atoms with E-state index in [1.807, 2.05) is 63.4 Å². The standard InChI is InChI=1S/C30H37N3O4S2/c1-6-18-31-30(35)24(4)32(20-25-9-7-8-23(3)19-25)29(34)21-33(26-12-10-22(2)11-13-26)39(36,37)28-16-14-27(38-5)15-17-28/h7-17,19,24H,6,18,20-21H2,1-5H3,(H,31,35)/t24-/m0/s1. The first-order valence-corrected chi connectivity index (χ1v) is 15.6. The Morgan fingerprint density at radius 2 is 1.62 bits per heavy atom. The van der Waals surface area contributed by atoms with Crippen LogP contribution in [-0.2, 0) is 26.2 Å². The molecule has 0 aliphatic rings. The second kappa shape index (κ2) is 13.7. The van der Waals surface area contributed by atoms with Crippen LogP contribution in [0.1, 0.15) is 37.0 Å². The van der Waals surface area contributed by atoms with Crippen LogP contribution in [0.4, 0.5) is 5.69 Å². The first-order chi connectivity index (χ1) is 18.6. The van der Waals surface area contributed by atoms with Gasteiger partial charge in [-0.2, -0.15) is 0 Å². The van der Waals surface area contributed by atoms with Crippen LogP contribution in [0.5, 0.6) is 0 Å². The Bertz CT molecular complexity index is 1370. The molecular formula is C30H37N3O4S2. The number of thioether (sulfide) groups is 1. The molecule has 3 aromatic rings. The van der Waals surface area contributed by atoms with E-state index in [0.29, 0.717) is 12.2 Å². The average Bonchev–Trinajstić information content (AvgIpc) is 2.93. The topological polar surface area (TPSA) is 86.8 Å². The van der Waals surface area contributed by atoms with Crippen LogP contribution in [-0.4, -0.2) is 50.5 Å². The van der Waals surface area contributed by atoms with Crippen LogP contribution in [0.15, 0.2) is 82.6 Å². The summed E-state index contributed by atoms with van der Waals surface area (Å²) < 4.78 is 28.9. The van der Waals surface area contributed by atoms with E-state index in [9.17, 15) is 18.0 Å². The molecule has 0 fully saturated rings. The summed E-state index contributed by atoms with van der Waals surface area (Å²) in [4.78, 5) is 29.3. The Labute approximate surface area is 236 Å². The van der Waals surface area contributed by atoms with Gasteiger partial charge in [-0.15, -0.1) is 11.8 Å². The van der Waals surface area contributed by atoms with Gasteiger partial charge in [0, 0.05) is 18.0 Å². The van der Waals surface area contributed by atoms with E-state index in [1.54, 1.807) is 43.3 Å². The molecule has 0 bridgehead atoms. The molecule has 0 radical (unpaired) electrons. The number of rotatable bonds is 12. The number of nitrogens with zero attached hydrogens (tertiary/aromatic N) is 2. The predicted molar refractivity (Wildman–Crippen MR) is 158 cm³/mol. The molecule has 9 heteroatoms. The molecule has 0 unspecified atom stereocenters. The zero-order valence-electron chi connectivity index (χ0n) is 23.2. The van der Waals surface area contributed by atoms with Gasteiger partial charge in [0.05, 0.1) is 10.6 Å². The maximum atomic E-state index is 13.9. The lowest BCUT2D eigenvalue weighted by atomic mass is 10.1. The minimum Gasteiger partial charge on any atom is -0.354 e. The highest BCUT2D eigenvalue weighted by Gasteiger charge is 2.32. The number of hydrogen-bond donors (Lipinski definition) is 1. The molecule has 0 heterocycles. The van der Waals surface area contributed by atoms with Gasteiger partial charge in [-0.25, -0.2) is 8.42 Å². The second-order valence-electron chi connectivity index (χ2n) is 9.50. The van der Waals surface area contributed by atoms with E-state index in [0.717, 1.165) is 32.3 Å². The molecule has 0 saturated heterocycles. The molecule has 0 aliphatic heterocycles. The highest BCUT2D eigenvalue weighted by Crippen LogP contribution is 2.26. The minimum atomic E-state index is -4.08. The normalized spacial score (nSPS) is 12.0. The molecular weight excluding hydrogens is 530 g/mol. The van der Waals surface area contributed by atoms with E-state index >= 15 is 0 Å². The molecule has 39 heavy (non-hydrogen) atoms. The number of aryl methyl sites for hydroxylation is 2. The van der Waals surface area contributed by atoms with Gasteiger partial charge in [0.25, 0.3) is 10.0 Å². The van der Waals surface area contributed by atoms with Crippen molar-refractivity contribution in [1.29, 1.82) is 0 Å². The molecule has 1 atom stereocenters. The quantitative estimate of drug-likeness (QED) is 0.306. The molecule has 0 aliphatic carbocycles. The van der Waals surface area contributed by atoms with Gasteiger partial charge in [0.15, 0.2) is 0 Å². The summed E-state index contributed by atoms with van der Waals surface area (Å²) in [6, 6.07) is 20.5. The Balaban J connectivity index is 2.01. The highest BCUT2D eigenvalue weighted by molar-refractivity contribution is 7.98. The van der Waals surface area contributed by atoms with Gasteiger partial charge in [0.2, 0.25) is 11.8 Å².